The summed E-state index contributed by atoms with van der Waals surface area (Å²) in [7, 11) is 0. The third kappa shape index (κ3) is 3.57. The largest absolute Gasteiger partial charge is 0.493 e. The zero-order chi connectivity index (χ0) is 27.6. The van der Waals surface area contributed by atoms with Gasteiger partial charge in [0.2, 0.25) is 0 Å². The van der Waals surface area contributed by atoms with Gasteiger partial charge < -0.3 is 9.47 Å². The van der Waals surface area contributed by atoms with Crippen molar-refractivity contribution >= 4 is 32.3 Å². The maximum atomic E-state index is 6.55. The van der Waals surface area contributed by atoms with Crippen LogP contribution in [0.15, 0.2) is 72.8 Å². The first-order valence-corrected chi connectivity index (χ1v) is 16.1. The average Bonchev–Trinajstić information content (AvgIpc) is 3.71. The Hall–Kier alpha value is -4.04. The highest BCUT2D eigenvalue weighted by Gasteiger charge is 2.29. The Morgan fingerprint density at radius 3 is 1.31 bits per heavy atom. The summed E-state index contributed by atoms with van der Waals surface area (Å²) in [6.45, 7) is 1.51. The third-order valence-electron chi connectivity index (χ3n) is 10.3. The van der Waals surface area contributed by atoms with Gasteiger partial charge in [-0.15, -0.1) is 0 Å². The first-order valence-electron chi connectivity index (χ1n) is 16.1. The van der Waals surface area contributed by atoms with Gasteiger partial charge in [0.15, 0.2) is 0 Å². The molecule has 1 aliphatic heterocycles. The lowest BCUT2D eigenvalue weighted by molar-refractivity contribution is 0.288. The molecule has 6 aromatic carbocycles. The molecule has 208 valence electrons. The van der Waals surface area contributed by atoms with Gasteiger partial charge in [0.25, 0.3) is 0 Å². The highest BCUT2D eigenvalue weighted by atomic mass is 16.5. The van der Waals surface area contributed by atoms with Gasteiger partial charge in [-0.25, -0.2) is 0 Å². The Kier molecular flexibility index (Phi) is 5.71. The molecule has 2 heteroatoms. The van der Waals surface area contributed by atoms with E-state index in [2.05, 4.69) is 72.8 Å². The smallest absolute Gasteiger partial charge is 0.127 e. The molecule has 9 rings (SSSR count). The number of aryl methyl sites for hydroxylation is 2. The fraction of sp³-hybridized carbons (Fsp3) is 0.300. The Morgan fingerprint density at radius 1 is 0.381 bits per heavy atom. The lowest BCUT2D eigenvalue weighted by atomic mass is 9.80. The predicted molar refractivity (Wildman–Crippen MR) is 175 cm³/mol. The molecule has 0 fully saturated rings. The molecule has 2 nitrogen and oxygen atoms in total. The second kappa shape index (κ2) is 9.76. The fourth-order valence-electron chi connectivity index (χ4n) is 8.51. The Bertz CT molecular complexity index is 1850. The normalized spacial score (nSPS) is 16.8. The van der Waals surface area contributed by atoms with Crippen LogP contribution >= 0.6 is 0 Å². The summed E-state index contributed by atoms with van der Waals surface area (Å²) < 4.78 is 13.1. The molecule has 0 N–H and O–H groups in total. The van der Waals surface area contributed by atoms with Gasteiger partial charge >= 0.3 is 0 Å². The zero-order valence-electron chi connectivity index (χ0n) is 24.2. The zero-order valence-corrected chi connectivity index (χ0v) is 24.2. The number of fused-ring (bicyclic) bond motifs is 10. The molecule has 6 bridgehead atoms. The van der Waals surface area contributed by atoms with E-state index in [0.29, 0.717) is 0 Å². The molecule has 42 heavy (non-hydrogen) atoms. The van der Waals surface area contributed by atoms with Crippen LogP contribution in [0.2, 0.25) is 0 Å². The van der Waals surface area contributed by atoms with Crippen molar-refractivity contribution in [2.45, 2.75) is 64.2 Å². The van der Waals surface area contributed by atoms with E-state index in [-0.39, 0.29) is 0 Å². The Labute approximate surface area is 247 Å². The summed E-state index contributed by atoms with van der Waals surface area (Å²) in [5, 5.41) is 8.58. The lowest BCUT2D eigenvalue weighted by Crippen LogP contribution is -2.04. The van der Waals surface area contributed by atoms with E-state index in [1.807, 2.05) is 0 Å². The Morgan fingerprint density at radius 2 is 0.810 bits per heavy atom. The van der Waals surface area contributed by atoms with Crippen LogP contribution in [-0.4, -0.2) is 13.2 Å². The van der Waals surface area contributed by atoms with E-state index in [0.717, 1.165) is 76.1 Å². The van der Waals surface area contributed by atoms with Crippen LogP contribution in [-0.2, 0) is 25.7 Å². The first kappa shape index (κ1) is 24.5. The Balaban J connectivity index is 1.44. The standard InChI is InChI=1S/C40H36O2/c1-2-8-24-42-36-18-6-4-12-32(36)38-28-16-10-14-26(28)30-19-21-33-37(31-11-3-5-17-35(31)41-23-7-1)27-15-9-13-25(27)29-20-22-34(38)40(30)39(29)33/h3-6,11-12,17-22H,1-2,7-10,13-16,23-24H2. The molecule has 0 unspecified atom stereocenters. The van der Waals surface area contributed by atoms with Crippen molar-refractivity contribution in [3.05, 3.63) is 95.1 Å². The second-order valence-corrected chi connectivity index (χ2v) is 12.5. The van der Waals surface area contributed by atoms with Crippen LogP contribution in [0.25, 0.3) is 54.6 Å². The van der Waals surface area contributed by atoms with E-state index in [1.54, 1.807) is 11.1 Å². The molecule has 0 aromatic heterocycles. The van der Waals surface area contributed by atoms with Gasteiger partial charge in [-0.2, -0.15) is 0 Å². The lowest BCUT2D eigenvalue weighted by Gasteiger charge is -2.24. The van der Waals surface area contributed by atoms with E-state index >= 15 is 0 Å². The molecule has 1 heterocycles. The molecule has 6 aromatic rings. The minimum Gasteiger partial charge on any atom is -0.493 e. The van der Waals surface area contributed by atoms with Crippen LogP contribution in [0.3, 0.4) is 0 Å². The summed E-state index contributed by atoms with van der Waals surface area (Å²) in [6.07, 6.45) is 11.5. The SMILES string of the molecule is c1ccc2c(c1)OCCCCCCOc1ccccc1-c1c3c(c4ccc5c-2c2c(c6ccc1c4c65)CCC2)CCC3. The highest BCUT2D eigenvalue weighted by molar-refractivity contribution is 6.30. The maximum Gasteiger partial charge on any atom is 0.127 e. The topological polar surface area (TPSA) is 18.5 Å². The van der Waals surface area contributed by atoms with Gasteiger partial charge in [-0.3, -0.25) is 0 Å². The summed E-state index contributed by atoms with van der Waals surface area (Å²) in [4.78, 5) is 0. The van der Waals surface area contributed by atoms with E-state index < -0.39 is 0 Å². The van der Waals surface area contributed by atoms with Crippen molar-refractivity contribution in [3.63, 3.8) is 0 Å². The first-order chi connectivity index (χ1) is 20.9. The third-order valence-corrected chi connectivity index (χ3v) is 10.3. The molecule has 3 aliphatic rings. The number of benzene rings is 6. The van der Waals surface area contributed by atoms with Gasteiger partial charge in [0, 0.05) is 11.1 Å². The molecule has 0 spiro atoms. The van der Waals surface area contributed by atoms with Gasteiger partial charge in [-0.1, -0.05) is 60.7 Å². The van der Waals surface area contributed by atoms with Crippen molar-refractivity contribution in [2.75, 3.05) is 13.2 Å². The van der Waals surface area contributed by atoms with Gasteiger partial charge in [0.1, 0.15) is 11.5 Å². The van der Waals surface area contributed by atoms with E-state index in [9.17, 15) is 0 Å². The van der Waals surface area contributed by atoms with Crippen molar-refractivity contribution in [1.29, 1.82) is 0 Å². The molecule has 2 aliphatic carbocycles. The molecule has 0 saturated carbocycles. The molecule has 0 saturated heterocycles. The van der Waals surface area contributed by atoms with Crippen molar-refractivity contribution < 1.29 is 9.47 Å². The predicted octanol–water partition coefficient (Wildman–Crippen LogP) is 10.2. The summed E-state index contributed by atoms with van der Waals surface area (Å²) in [5.41, 5.74) is 11.5. The molecular weight excluding hydrogens is 512 g/mol. The van der Waals surface area contributed by atoms with Crippen LogP contribution in [0.1, 0.15) is 60.8 Å². The molecule has 0 amide bonds. The highest BCUT2D eigenvalue weighted by Crippen LogP contribution is 2.52. The van der Waals surface area contributed by atoms with Crippen LogP contribution in [0.4, 0.5) is 0 Å². The molecule has 0 atom stereocenters. The maximum absolute atomic E-state index is 6.55. The van der Waals surface area contributed by atoms with Crippen molar-refractivity contribution in [2.24, 2.45) is 0 Å². The number of hydrogen-bond acceptors (Lipinski definition) is 2. The van der Waals surface area contributed by atoms with Crippen LogP contribution < -0.4 is 9.47 Å². The van der Waals surface area contributed by atoms with Gasteiger partial charge in [0.05, 0.1) is 13.2 Å². The molecular formula is C40H36O2. The average molecular weight is 549 g/mol. The number of ether oxygens (including phenoxy) is 2. The van der Waals surface area contributed by atoms with E-state index in [4.69, 9.17) is 9.47 Å². The quantitative estimate of drug-likeness (QED) is 0.176. The monoisotopic (exact) mass is 548 g/mol. The number of rotatable bonds is 0. The van der Waals surface area contributed by atoms with Crippen LogP contribution in [0.5, 0.6) is 11.5 Å². The van der Waals surface area contributed by atoms with E-state index in [1.165, 1.54) is 78.5 Å². The van der Waals surface area contributed by atoms with Crippen molar-refractivity contribution in [1.82, 2.24) is 0 Å². The van der Waals surface area contributed by atoms with Crippen molar-refractivity contribution in [3.8, 4) is 33.8 Å². The van der Waals surface area contributed by atoms with Gasteiger partial charge in [-0.05, 0) is 142 Å². The number of para-hydroxylation sites is 2. The summed E-state index contributed by atoms with van der Waals surface area (Å²) in [5.74, 6) is 2.06. The number of hydrogen-bond donors (Lipinski definition) is 0. The minimum absolute atomic E-state index is 0.754. The second-order valence-electron chi connectivity index (χ2n) is 12.5. The van der Waals surface area contributed by atoms with Crippen LogP contribution in [0, 0.1) is 0 Å². The summed E-state index contributed by atoms with van der Waals surface area (Å²) in [6, 6.07) is 27.4. The minimum atomic E-state index is 0.754. The molecule has 0 radical (unpaired) electrons. The fourth-order valence-corrected chi connectivity index (χ4v) is 8.51. The summed E-state index contributed by atoms with van der Waals surface area (Å²) >= 11 is 0.